The van der Waals surface area contributed by atoms with Gasteiger partial charge in [-0.15, -0.1) is 0 Å². The molecule has 0 aromatic heterocycles. The Morgan fingerprint density at radius 3 is 2.24 bits per heavy atom. The lowest BCUT2D eigenvalue weighted by atomic mass is 9.75. The first-order chi connectivity index (χ1) is 13.4. The van der Waals surface area contributed by atoms with E-state index >= 15 is 0 Å². The molecule has 1 atom stereocenters. The third-order valence-corrected chi connectivity index (χ3v) is 7.40. The molecule has 158 valence electrons. The van der Waals surface area contributed by atoms with E-state index in [1.807, 2.05) is 52.8 Å². The van der Waals surface area contributed by atoms with E-state index in [1.54, 1.807) is 6.07 Å². The lowest BCUT2D eigenvalue weighted by Crippen LogP contribution is -2.45. The summed E-state index contributed by atoms with van der Waals surface area (Å²) in [6.45, 7) is 17.1. The summed E-state index contributed by atoms with van der Waals surface area (Å²) in [6, 6.07) is 8.74. The topological polar surface area (TPSA) is 36.9 Å². The lowest BCUT2D eigenvalue weighted by molar-refractivity contribution is -0.0233. The van der Waals surface area contributed by atoms with Crippen LogP contribution in [0, 0.1) is 5.82 Å². The molecular weight excluding hydrogens is 386 g/mol. The van der Waals surface area contributed by atoms with Crippen molar-refractivity contribution in [3.05, 3.63) is 36.1 Å². The third kappa shape index (κ3) is 4.38. The maximum absolute atomic E-state index is 14.8. The van der Waals surface area contributed by atoms with Crippen molar-refractivity contribution in [1.29, 1.82) is 0 Å². The predicted octanol–water partition coefficient (Wildman–Crippen LogP) is 4.90. The fourth-order valence-corrected chi connectivity index (χ4v) is 4.50. The van der Waals surface area contributed by atoms with Crippen LogP contribution in [0.3, 0.4) is 0 Å². The van der Waals surface area contributed by atoms with E-state index in [4.69, 9.17) is 18.8 Å². The van der Waals surface area contributed by atoms with Gasteiger partial charge in [0.2, 0.25) is 0 Å². The van der Waals surface area contributed by atoms with Gasteiger partial charge in [0.05, 0.1) is 11.2 Å². The minimum atomic E-state index is -1.74. The normalized spacial score (nSPS) is 19.6. The molecule has 1 aliphatic heterocycles. The molecule has 0 aliphatic carbocycles. The second kappa shape index (κ2) is 7.69. The summed E-state index contributed by atoms with van der Waals surface area (Å²) in [6.07, 6.45) is 0. The van der Waals surface area contributed by atoms with Gasteiger partial charge in [-0.3, -0.25) is 0 Å². The minimum absolute atomic E-state index is 0.301. The Balaban J connectivity index is 2.09. The van der Waals surface area contributed by atoms with Gasteiger partial charge in [-0.05, 0) is 63.7 Å². The molecule has 0 amide bonds. The molecule has 0 bridgehead atoms. The fourth-order valence-electron chi connectivity index (χ4n) is 3.35. The first-order valence-electron chi connectivity index (χ1n) is 10.2. The van der Waals surface area contributed by atoms with Crippen LogP contribution in [-0.2, 0) is 14.0 Å². The summed E-state index contributed by atoms with van der Waals surface area (Å²) in [5.41, 5.74) is -0.392. The van der Waals surface area contributed by atoms with Gasteiger partial charge in [0.1, 0.15) is 19.6 Å². The summed E-state index contributed by atoms with van der Waals surface area (Å²) in [7, 11) is -2.42. The van der Waals surface area contributed by atoms with E-state index in [0.29, 0.717) is 23.2 Å². The molecule has 1 heterocycles. The summed E-state index contributed by atoms with van der Waals surface area (Å²) in [5.74, 6) is 0.0312. The zero-order valence-corrected chi connectivity index (χ0v) is 19.8. The van der Waals surface area contributed by atoms with Gasteiger partial charge in [0.25, 0.3) is 0 Å². The SMILES string of the molecule is CCOC(Oc1cc(B2OC(C)(C)C(C)(C)O2)c2c(F)cccc2c1)[Si](C)(C)C. The van der Waals surface area contributed by atoms with Crippen molar-refractivity contribution in [2.75, 3.05) is 6.61 Å². The van der Waals surface area contributed by atoms with Crippen LogP contribution in [0.15, 0.2) is 30.3 Å². The highest BCUT2D eigenvalue weighted by Crippen LogP contribution is 2.37. The van der Waals surface area contributed by atoms with E-state index in [9.17, 15) is 4.39 Å². The molecule has 0 saturated carbocycles. The highest BCUT2D eigenvalue weighted by molar-refractivity contribution is 6.77. The maximum Gasteiger partial charge on any atom is 0.495 e. The molecular formula is C22H32BFO4Si. The monoisotopic (exact) mass is 418 g/mol. The van der Waals surface area contributed by atoms with Gasteiger partial charge in [-0.2, -0.15) is 0 Å². The quantitative estimate of drug-likeness (QED) is 0.494. The Morgan fingerprint density at radius 2 is 1.69 bits per heavy atom. The molecule has 7 heteroatoms. The van der Waals surface area contributed by atoms with Gasteiger partial charge >= 0.3 is 7.12 Å². The van der Waals surface area contributed by atoms with Gasteiger partial charge in [-0.1, -0.05) is 31.8 Å². The van der Waals surface area contributed by atoms with Crippen molar-refractivity contribution in [1.82, 2.24) is 0 Å². The van der Waals surface area contributed by atoms with Crippen LogP contribution in [-0.4, -0.2) is 38.9 Å². The van der Waals surface area contributed by atoms with Crippen LogP contribution in [0.25, 0.3) is 10.8 Å². The summed E-state index contributed by atoms with van der Waals surface area (Å²) < 4.78 is 39.4. The molecule has 2 aromatic carbocycles. The number of hydrogen-bond donors (Lipinski definition) is 0. The molecule has 1 fully saturated rings. The zero-order valence-electron chi connectivity index (χ0n) is 18.8. The van der Waals surface area contributed by atoms with Crippen LogP contribution < -0.4 is 10.2 Å². The fraction of sp³-hybridized carbons (Fsp3) is 0.545. The minimum Gasteiger partial charge on any atom is -0.469 e. The van der Waals surface area contributed by atoms with Gasteiger partial charge in [-0.25, -0.2) is 4.39 Å². The largest absolute Gasteiger partial charge is 0.495 e. The molecule has 0 radical (unpaired) electrons. The molecule has 1 aliphatic rings. The summed E-state index contributed by atoms with van der Waals surface area (Å²) in [4.78, 5) is 0. The highest BCUT2D eigenvalue weighted by Gasteiger charge is 2.52. The smallest absolute Gasteiger partial charge is 0.469 e. The van der Waals surface area contributed by atoms with E-state index < -0.39 is 26.4 Å². The average Bonchev–Trinajstić information content (AvgIpc) is 2.81. The van der Waals surface area contributed by atoms with Crippen molar-refractivity contribution < 1.29 is 23.2 Å². The molecule has 2 aromatic rings. The predicted molar refractivity (Wildman–Crippen MR) is 119 cm³/mol. The second-order valence-corrected chi connectivity index (χ2v) is 14.9. The number of halogens is 1. The molecule has 29 heavy (non-hydrogen) atoms. The number of hydrogen-bond acceptors (Lipinski definition) is 4. The van der Waals surface area contributed by atoms with Crippen molar-refractivity contribution in [3.63, 3.8) is 0 Å². The first kappa shape index (κ1) is 22.3. The zero-order chi connectivity index (χ0) is 21.6. The van der Waals surface area contributed by atoms with Crippen LogP contribution in [0.5, 0.6) is 5.75 Å². The average molecular weight is 418 g/mol. The number of ether oxygens (including phenoxy) is 2. The van der Waals surface area contributed by atoms with E-state index in [0.717, 1.165) is 5.39 Å². The van der Waals surface area contributed by atoms with E-state index in [-0.39, 0.29) is 11.7 Å². The lowest BCUT2D eigenvalue weighted by Gasteiger charge is -2.32. The van der Waals surface area contributed by atoms with Crippen molar-refractivity contribution >= 4 is 31.4 Å². The van der Waals surface area contributed by atoms with Gasteiger partial charge in [0, 0.05) is 12.0 Å². The molecule has 4 nitrogen and oxygen atoms in total. The van der Waals surface area contributed by atoms with Crippen molar-refractivity contribution in [2.24, 2.45) is 0 Å². The Bertz CT molecular complexity index is 878. The maximum atomic E-state index is 14.8. The molecule has 3 rings (SSSR count). The van der Waals surface area contributed by atoms with Crippen LogP contribution >= 0.6 is 0 Å². The molecule has 0 N–H and O–H groups in total. The van der Waals surface area contributed by atoms with Gasteiger partial charge in [0.15, 0.2) is 5.91 Å². The Labute approximate surface area is 174 Å². The summed E-state index contributed by atoms with van der Waals surface area (Å²) in [5, 5.41) is 1.25. The van der Waals surface area contributed by atoms with Crippen LogP contribution in [0.2, 0.25) is 19.6 Å². The molecule has 1 unspecified atom stereocenters. The van der Waals surface area contributed by atoms with E-state index in [2.05, 4.69) is 19.6 Å². The Hall–Kier alpha value is -1.41. The second-order valence-electron chi connectivity index (χ2n) is 9.71. The molecule has 1 saturated heterocycles. The van der Waals surface area contributed by atoms with E-state index in [1.165, 1.54) is 6.07 Å². The number of rotatable bonds is 6. The standard InChI is InChI=1S/C22H32BFO4Si/c1-9-25-20(29(6,7)8)26-16-13-15-11-10-12-18(24)19(15)17(14-16)23-27-21(2,3)22(4,5)28-23/h10-14,20H,9H2,1-8H3. The van der Waals surface area contributed by atoms with Crippen LogP contribution in [0.1, 0.15) is 34.6 Å². The summed E-state index contributed by atoms with van der Waals surface area (Å²) >= 11 is 0. The Morgan fingerprint density at radius 1 is 1.07 bits per heavy atom. The van der Waals surface area contributed by atoms with Crippen molar-refractivity contribution in [2.45, 2.75) is 71.4 Å². The number of benzene rings is 2. The first-order valence-corrected chi connectivity index (χ1v) is 13.8. The third-order valence-electron chi connectivity index (χ3n) is 5.71. The number of fused-ring (bicyclic) bond motifs is 1. The molecule has 0 spiro atoms. The van der Waals surface area contributed by atoms with Gasteiger partial charge < -0.3 is 18.8 Å². The van der Waals surface area contributed by atoms with Crippen molar-refractivity contribution in [3.8, 4) is 5.75 Å². The van der Waals surface area contributed by atoms with Crippen LogP contribution in [0.4, 0.5) is 4.39 Å². The Kier molecular flexibility index (Phi) is 5.91. The highest BCUT2D eigenvalue weighted by atomic mass is 28.3.